The molecule has 2 aliphatic rings. The number of nitrogens with zero attached hydrogens (tertiary/aromatic N) is 3. The number of benzene rings is 1. The fourth-order valence-corrected chi connectivity index (χ4v) is 3.22. The molecule has 2 aromatic rings. The maximum absolute atomic E-state index is 12.0. The van der Waals surface area contributed by atoms with Gasteiger partial charge in [-0.3, -0.25) is 4.79 Å². The van der Waals surface area contributed by atoms with Crippen molar-refractivity contribution in [3.8, 4) is 23.1 Å². The van der Waals surface area contributed by atoms with E-state index >= 15 is 0 Å². The molecule has 0 bridgehead atoms. The van der Waals surface area contributed by atoms with Crippen LogP contribution in [0.2, 0.25) is 0 Å². The predicted molar refractivity (Wildman–Crippen MR) is 105 cm³/mol. The summed E-state index contributed by atoms with van der Waals surface area (Å²) in [5.74, 6) is 3.69. The van der Waals surface area contributed by atoms with Gasteiger partial charge in [-0.05, 0) is 31.9 Å². The van der Waals surface area contributed by atoms with Crippen molar-refractivity contribution in [2.75, 3.05) is 44.5 Å². The summed E-state index contributed by atoms with van der Waals surface area (Å²) in [5.41, 5.74) is 0. The van der Waals surface area contributed by atoms with Crippen LogP contribution in [-0.4, -0.2) is 55.5 Å². The lowest BCUT2D eigenvalue weighted by Gasteiger charge is -2.17. The molecule has 0 saturated carbocycles. The summed E-state index contributed by atoms with van der Waals surface area (Å²) in [7, 11) is 0. The molecular weight excluding hydrogens is 376 g/mol. The highest BCUT2D eigenvalue weighted by Gasteiger charge is 2.16. The van der Waals surface area contributed by atoms with E-state index in [-0.39, 0.29) is 19.3 Å². The lowest BCUT2D eigenvalue weighted by Crippen LogP contribution is -2.32. The topological polar surface area (TPSA) is 95.0 Å². The Morgan fingerprint density at radius 1 is 1.14 bits per heavy atom. The summed E-state index contributed by atoms with van der Waals surface area (Å²) in [5, 5.41) is 2.76. The van der Waals surface area contributed by atoms with Crippen LogP contribution >= 0.6 is 0 Å². The molecule has 4 rings (SSSR count). The zero-order valence-corrected chi connectivity index (χ0v) is 16.3. The number of amides is 1. The molecule has 0 atom stereocenters. The maximum atomic E-state index is 12.0. The Bertz CT molecular complexity index is 870. The Kier molecular flexibility index (Phi) is 5.83. The van der Waals surface area contributed by atoms with E-state index in [1.54, 1.807) is 18.2 Å². The smallest absolute Gasteiger partial charge is 0.258 e. The number of carbonyl (C=O) groups is 1. The minimum atomic E-state index is -0.233. The van der Waals surface area contributed by atoms with Gasteiger partial charge in [-0.25, -0.2) is 4.98 Å². The third-order valence-corrected chi connectivity index (χ3v) is 4.62. The number of hydrogen-bond donors (Lipinski definition) is 1. The quantitative estimate of drug-likeness (QED) is 0.669. The van der Waals surface area contributed by atoms with Gasteiger partial charge in [0.1, 0.15) is 24.0 Å². The van der Waals surface area contributed by atoms with E-state index in [9.17, 15) is 4.79 Å². The fourth-order valence-electron chi connectivity index (χ4n) is 3.22. The number of anilines is 1. The van der Waals surface area contributed by atoms with Crippen molar-refractivity contribution < 1.29 is 23.7 Å². The van der Waals surface area contributed by atoms with Crippen molar-refractivity contribution >= 4 is 11.7 Å². The highest BCUT2D eigenvalue weighted by atomic mass is 16.7. The van der Waals surface area contributed by atoms with E-state index in [0.29, 0.717) is 42.1 Å². The zero-order chi connectivity index (χ0) is 20.1. The van der Waals surface area contributed by atoms with Crippen molar-refractivity contribution in [3.05, 3.63) is 30.1 Å². The highest BCUT2D eigenvalue weighted by Crippen LogP contribution is 2.35. The Morgan fingerprint density at radius 3 is 2.83 bits per heavy atom. The first-order chi connectivity index (χ1) is 14.2. The molecule has 0 unspecified atom stereocenters. The summed E-state index contributed by atoms with van der Waals surface area (Å²) >= 11 is 0. The van der Waals surface area contributed by atoms with Gasteiger partial charge in [-0.15, -0.1) is 0 Å². The molecule has 2 aliphatic heterocycles. The second-order valence-corrected chi connectivity index (χ2v) is 6.81. The molecule has 0 aliphatic carbocycles. The molecule has 1 aromatic carbocycles. The summed E-state index contributed by atoms with van der Waals surface area (Å²) in [6.45, 7) is 4.64. The maximum Gasteiger partial charge on any atom is 0.258 e. The van der Waals surface area contributed by atoms with E-state index in [1.165, 1.54) is 12.8 Å². The SMILES string of the molecule is Cc1nc(OCCNC(=O)COc2ccc3c(c2)OCO3)cc(N2CCCC2)n1. The van der Waals surface area contributed by atoms with Gasteiger partial charge in [0.25, 0.3) is 5.91 Å². The molecule has 0 radical (unpaired) electrons. The number of rotatable bonds is 8. The molecule has 29 heavy (non-hydrogen) atoms. The molecule has 1 aromatic heterocycles. The zero-order valence-electron chi connectivity index (χ0n) is 16.3. The van der Waals surface area contributed by atoms with Crippen LogP contribution in [0.1, 0.15) is 18.7 Å². The van der Waals surface area contributed by atoms with Crippen LogP contribution in [0.5, 0.6) is 23.1 Å². The third kappa shape index (κ3) is 4.98. The van der Waals surface area contributed by atoms with Gasteiger partial charge in [0.15, 0.2) is 18.1 Å². The first kappa shape index (κ1) is 19.1. The fraction of sp³-hybridized carbons (Fsp3) is 0.450. The van der Waals surface area contributed by atoms with Crippen LogP contribution < -0.4 is 29.2 Å². The Labute approximate surface area is 168 Å². The minimum Gasteiger partial charge on any atom is -0.484 e. The second-order valence-electron chi connectivity index (χ2n) is 6.81. The largest absolute Gasteiger partial charge is 0.484 e. The van der Waals surface area contributed by atoms with Crippen molar-refractivity contribution in [1.29, 1.82) is 0 Å². The van der Waals surface area contributed by atoms with E-state index in [1.807, 2.05) is 13.0 Å². The van der Waals surface area contributed by atoms with E-state index in [4.69, 9.17) is 18.9 Å². The number of aromatic nitrogens is 2. The molecule has 1 amide bonds. The summed E-state index contributed by atoms with van der Waals surface area (Å²) in [6.07, 6.45) is 2.36. The van der Waals surface area contributed by atoms with Crippen LogP contribution in [-0.2, 0) is 4.79 Å². The number of hydrogen-bond acceptors (Lipinski definition) is 8. The van der Waals surface area contributed by atoms with Crippen molar-refractivity contribution in [1.82, 2.24) is 15.3 Å². The minimum absolute atomic E-state index is 0.0919. The normalized spacial score (nSPS) is 14.7. The van der Waals surface area contributed by atoms with Crippen LogP contribution in [0.25, 0.3) is 0 Å². The van der Waals surface area contributed by atoms with Crippen LogP contribution in [0.4, 0.5) is 5.82 Å². The first-order valence-electron chi connectivity index (χ1n) is 9.70. The molecule has 1 saturated heterocycles. The first-order valence-corrected chi connectivity index (χ1v) is 9.70. The predicted octanol–water partition coefficient (Wildman–Crippen LogP) is 1.69. The molecular formula is C20H24N4O5. The number of ether oxygens (including phenoxy) is 4. The molecule has 154 valence electrons. The summed E-state index contributed by atoms with van der Waals surface area (Å²) in [4.78, 5) is 23.0. The van der Waals surface area contributed by atoms with Crippen molar-refractivity contribution in [3.63, 3.8) is 0 Å². The molecule has 1 fully saturated rings. The van der Waals surface area contributed by atoms with Crippen LogP contribution in [0.15, 0.2) is 24.3 Å². The van der Waals surface area contributed by atoms with Gasteiger partial charge in [-0.1, -0.05) is 0 Å². The van der Waals surface area contributed by atoms with Gasteiger partial charge in [0, 0.05) is 25.2 Å². The third-order valence-electron chi connectivity index (χ3n) is 4.62. The number of carbonyl (C=O) groups excluding carboxylic acids is 1. The molecule has 9 nitrogen and oxygen atoms in total. The number of aryl methyl sites for hydroxylation is 1. The average Bonchev–Trinajstić information content (AvgIpc) is 3.40. The Hall–Kier alpha value is -3.23. The molecule has 9 heteroatoms. The number of nitrogens with one attached hydrogen (secondary N) is 1. The standard InChI is InChI=1S/C20H24N4O5/c1-14-22-18(24-7-2-3-8-24)11-20(23-14)26-9-6-21-19(25)12-27-15-4-5-16-17(10-15)29-13-28-16/h4-5,10-11H,2-3,6-9,12-13H2,1H3,(H,21,25). The van der Waals surface area contributed by atoms with Gasteiger partial charge >= 0.3 is 0 Å². The van der Waals surface area contributed by atoms with Crippen LogP contribution in [0.3, 0.4) is 0 Å². The van der Waals surface area contributed by atoms with Gasteiger partial charge in [0.05, 0.1) is 6.54 Å². The highest BCUT2D eigenvalue weighted by molar-refractivity contribution is 5.77. The van der Waals surface area contributed by atoms with Crippen molar-refractivity contribution in [2.45, 2.75) is 19.8 Å². The number of fused-ring (bicyclic) bond motifs is 1. The molecule has 0 spiro atoms. The van der Waals surface area contributed by atoms with Crippen LogP contribution in [0, 0.1) is 6.92 Å². The molecule has 3 heterocycles. The summed E-state index contributed by atoms with van der Waals surface area (Å²) in [6, 6.07) is 7.04. The second kappa shape index (κ2) is 8.85. The lowest BCUT2D eigenvalue weighted by molar-refractivity contribution is -0.123. The van der Waals surface area contributed by atoms with E-state index in [2.05, 4.69) is 20.2 Å². The van der Waals surface area contributed by atoms with Crippen molar-refractivity contribution in [2.24, 2.45) is 0 Å². The van der Waals surface area contributed by atoms with E-state index in [0.717, 1.165) is 18.9 Å². The lowest BCUT2D eigenvalue weighted by atomic mass is 10.3. The van der Waals surface area contributed by atoms with Gasteiger partial charge < -0.3 is 29.2 Å². The molecule has 1 N–H and O–H groups in total. The average molecular weight is 400 g/mol. The Morgan fingerprint density at radius 2 is 1.97 bits per heavy atom. The monoisotopic (exact) mass is 400 g/mol. The summed E-state index contributed by atoms with van der Waals surface area (Å²) < 4.78 is 21.7. The Balaban J connectivity index is 1.19. The van der Waals surface area contributed by atoms with E-state index < -0.39 is 0 Å². The van der Waals surface area contributed by atoms with Gasteiger partial charge in [0.2, 0.25) is 12.7 Å². The van der Waals surface area contributed by atoms with Gasteiger partial charge in [-0.2, -0.15) is 4.98 Å².